The molecule has 0 spiro atoms. The van der Waals surface area contributed by atoms with E-state index in [1.165, 1.54) is 12.1 Å². The Labute approximate surface area is 217 Å². The van der Waals surface area contributed by atoms with Gasteiger partial charge in [0.25, 0.3) is 0 Å². The first-order valence-corrected chi connectivity index (χ1v) is 12.0. The van der Waals surface area contributed by atoms with Crippen LogP contribution in [-0.4, -0.2) is 36.5 Å². The van der Waals surface area contributed by atoms with Gasteiger partial charge in [-0.1, -0.05) is 12.1 Å². The van der Waals surface area contributed by atoms with E-state index in [0.717, 1.165) is 5.56 Å². The van der Waals surface area contributed by atoms with Crippen LogP contribution in [0, 0.1) is 0 Å². The van der Waals surface area contributed by atoms with E-state index >= 15 is 0 Å². The summed E-state index contributed by atoms with van der Waals surface area (Å²) in [5.41, 5.74) is 2.84. The van der Waals surface area contributed by atoms with E-state index in [1.54, 1.807) is 67.6 Å². The third-order valence-corrected chi connectivity index (χ3v) is 6.35. The van der Waals surface area contributed by atoms with Crippen molar-refractivity contribution in [1.29, 1.82) is 0 Å². The van der Waals surface area contributed by atoms with Gasteiger partial charge in [-0.15, -0.1) is 0 Å². The molecule has 38 heavy (non-hydrogen) atoms. The largest absolute Gasteiger partial charge is 0.497 e. The average Bonchev–Trinajstić information content (AvgIpc) is 3.38. The minimum absolute atomic E-state index is 0.150. The van der Waals surface area contributed by atoms with E-state index in [-0.39, 0.29) is 18.2 Å². The fraction of sp³-hybridized carbons (Fsp3) is 0.172. The van der Waals surface area contributed by atoms with E-state index in [1.807, 2.05) is 12.1 Å². The predicted molar refractivity (Wildman–Crippen MR) is 141 cm³/mol. The Balaban J connectivity index is 1.56. The van der Waals surface area contributed by atoms with Crippen molar-refractivity contribution in [2.45, 2.75) is 19.4 Å². The number of hydrogen-bond donors (Lipinski definition) is 1. The third kappa shape index (κ3) is 4.73. The first kappa shape index (κ1) is 24.8. The molecule has 0 radical (unpaired) electrons. The number of carbonyl (C=O) groups is 2. The van der Waals surface area contributed by atoms with Gasteiger partial charge in [0.2, 0.25) is 0 Å². The van der Waals surface area contributed by atoms with E-state index in [2.05, 4.69) is 0 Å². The highest BCUT2D eigenvalue weighted by molar-refractivity contribution is 6.04. The SMILES string of the molecule is CCOC(=O)c1ccc(C2CC(c3cc4cc(OC)ccc4oc3=O)=NN2c2ccc(C(=O)O)cc2)cc1. The van der Waals surface area contributed by atoms with Gasteiger partial charge in [0.05, 0.1) is 47.8 Å². The predicted octanol–water partition coefficient (Wildman–Crippen LogP) is 5.03. The van der Waals surface area contributed by atoms with Crippen molar-refractivity contribution in [2.24, 2.45) is 5.10 Å². The zero-order valence-corrected chi connectivity index (χ0v) is 20.7. The first-order valence-electron chi connectivity index (χ1n) is 12.0. The Morgan fingerprint density at radius 3 is 2.39 bits per heavy atom. The monoisotopic (exact) mass is 512 g/mol. The molecule has 192 valence electrons. The number of esters is 1. The quantitative estimate of drug-likeness (QED) is 0.270. The number of fused-ring (bicyclic) bond motifs is 1. The lowest BCUT2D eigenvalue weighted by Crippen LogP contribution is -2.19. The number of aromatic carboxylic acids is 1. The summed E-state index contributed by atoms with van der Waals surface area (Å²) in [6.07, 6.45) is 0.375. The summed E-state index contributed by atoms with van der Waals surface area (Å²) in [6, 6.07) is 20.0. The van der Waals surface area contributed by atoms with E-state index in [9.17, 15) is 19.5 Å². The molecule has 9 nitrogen and oxygen atoms in total. The molecule has 1 N–H and O–H groups in total. The summed E-state index contributed by atoms with van der Waals surface area (Å²) in [5.74, 6) is -0.810. The lowest BCUT2D eigenvalue weighted by molar-refractivity contribution is 0.0525. The molecule has 1 atom stereocenters. The van der Waals surface area contributed by atoms with Crippen molar-refractivity contribution in [2.75, 3.05) is 18.7 Å². The Morgan fingerprint density at radius 2 is 1.74 bits per heavy atom. The number of carboxylic acid groups (broad SMARTS) is 1. The molecule has 0 fully saturated rings. The maximum Gasteiger partial charge on any atom is 0.345 e. The van der Waals surface area contributed by atoms with Gasteiger partial charge in [0, 0.05) is 11.8 Å². The van der Waals surface area contributed by atoms with Crippen LogP contribution in [-0.2, 0) is 4.74 Å². The van der Waals surface area contributed by atoms with E-state index in [0.29, 0.717) is 45.7 Å². The summed E-state index contributed by atoms with van der Waals surface area (Å²) >= 11 is 0. The fourth-order valence-corrected chi connectivity index (χ4v) is 4.41. The normalized spacial score (nSPS) is 14.8. The topological polar surface area (TPSA) is 119 Å². The summed E-state index contributed by atoms with van der Waals surface area (Å²) < 4.78 is 15.9. The molecule has 1 aliphatic rings. The van der Waals surface area contributed by atoms with Crippen molar-refractivity contribution in [3.05, 3.63) is 105 Å². The zero-order valence-electron chi connectivity index (χ0n) is 20.7. The maximum absolute atomic E-state index is 12.9. The summed E-state index contributed by atoms with van der Waals surface area (Å²) in [4.78, 5) is 36.4. The second kappa shape index (κ2) is 10.2. The van der Waals surface area contributed by atoms with Crippen LogP contribution in [0.25, 0.3) is 11.0 Å². The molecule has 2 heterocycles. The number of ether oxygens (including phenoxy) is 2. The van der Waals surface area contributed by atoms with E-state index in [4.69, 9.17) is 19.0 Å². The molecular weight excluding hydrogens is 488 g/mol. The molecule has 1 unspecified atom stereocenters. The van der Waals surface area contributed by atoms with Crippen LogP contribution < -0.4 is 15.4 Å². The summed E-state index contributed by atoms with van der Waals surface area (Å²) in [5, 5.41) is 16.5. The maximum atomic E-state index is 12.9. The highest BCUT2D eigenvalue weighted by Crippen LogP contribution is 2.37. The number of nitrogens with zero attached hydrogens (tertiary/aromatic N) is 2. The van der Waals surface area contributed by atoms with Gasteiger partial charge in [-0.2, -0.15) is 5.10 Å². The number of carboxylic acids is 1. The molecule has 0 aliphatic carbocycles. The highest BCUT2D eigenvalue weighted by Gasteiger charge is 2.32. The van der Waals surface area contributed by atoms with Crippen LogP contribution in [0.2, 0.25) is 0 Å². The van der Waals surface area contributed by atoms with Gasteiger partial charge in [-0.25, -0.2) is 14.4 Å². The number of hydrazone groups is 1. The molecule has 0 amide bonds. The van der Waals surface area contributed by atoms with Gasteiger partial charge in [0.1, 0.15) is 11.3 Å². The Bertz CT molecular complexity index is 1610. The number of methoxy groups -OCH3 is 1. The molecule has 1 aromatic heterocycles. The number of anilines is 1. The minimum Gasteiger partial charge on any atom is -0.497 e. The number of benzene rings is 3. The number of rotatable bonds is 7. The Hall–Kier alpha value is -4.92. The molecule has 5 rings (SSSR count). The van der Waals surface area contributed by atoms with Crippen molar-refractivity contribution < 1.29 is 28.6 Å². The molecule has 4 aromatic rings. The van der Waals surface area contributed by atoms with Crippen LogP contribution in [0.5, 0.6) is 5.75 Å². The molecule has 3 aromatic carbocycles. The third-order valence-electron chi connectivity index (χ3n) is 6.35. The van der Waals surface area contributed by atoms with Gasteiger partial charge in [-0.3, -0.25) is 5.01 Å². The van der Waals surface area contributed by atoms with Crippen molar-refractivity contribution in [3.8, 4) is 5.75 Å². The van der Waals surface area contributed by atoms with Crippen molar-refractivity contribution >= 4 is 34.3 Å². The van der Waals surface area contributed by atoms with Gasteiger partial charge < -0.3 is 19.0 Å². The van der Waals surface area contributed by atoms with Crippen molar-refractivity contribution in [3.63, 3.8) is 0 Å². The Kier molecular flexibility index (Phi) is 6.66. The second-order valence-electron chi connectivity index (χ2n) is 8.66. The fourth-order valence-electron chi connectivity index (χ4n) is 4.41. The van der Waals surface area contributed by atoms with Gasteiger partial charge >= 0.3 is 17.6 Å². The smallest absolute Gasteiger partial charge is 0.345 e. The minimum atomic E-state index is -1.03. The molecule has 9 heteroatoms. The molecule has 0 saturated carbocycles. The lowest BCUT2D eigenvalue weighted by Gasteiger charge is -2.24. The Morgan fingerprint density at radius 1 is 1.03 bits per heavy atom. The molecule has 1 aliphatic heterocycles. The van der Waals surface area contributed by atoms with Crippen LogP contribution >= 0.6 is 0 Å². The molecular formula is C29H24N2O7. The van der Waals surface area contributed by atoms with Crippen molar-refractivity contribution in [1.82, 2.24) is 0 Å². The first-order chi connectivity index (χ1) is 18.4. The summed E-state index contributed by atoms with van der Waals surface area (Å²) in [7, 11) is 1.56. The van der Waals surface area contributed by atoms with Crippen LogP contribution in [0.1, 0.15) is 51.2 Å². The number of hydrogen-bond acceptors (Lipinski definition) is 8. The van der Waals surface area contributed by atoms with Gasteiger partial charge in [-0.05, 0) is 73.2 Å². The lowest BCUT2D eigenvalue weighted by atomic mass is 9.97. The van der Waals surface area contributed by atoms with Crippen LogP contribution in [0.3, 0.4) is 0 Å². The zero-order chi connectivity index (χ0) is 26.8. The van der Waals surface area contributed by atoms with E-state index < -0.39 is 17.6 Å². The summed E-state index contributed by atoms with van der Waals surface area (Å²) in [6.45, 7) is 2.03. The second-order valence-corrected chi connectivity index (χ2v) is 8.66. The van der Waals surface area contributed by atoms with Crippen LogP contribution in [0.15, 0.2) is 87.1 Å². The molecule has 0 saturated heterocycles. The number of carbonyl (C=O) groups excluding carboxylic acids is 1. The molecule has 0 bridgehead atoms. The standard InChI is InChI=1S/C29H24N2O7/c1-3-37-28(34)19-6-4-17(5-7-19)25-16-24(30-31(25)21-10-8-18(9-11-21)27(32)33)23-15-20-14-22(36-2)12-13-26(20)38-29(23)35/h4-15,25H,3,16H2,1-2H3,(H,32,33). The highest BCUT2D eigenvalue weighted by atomic mass is 16.5. The van der Waals surface area contributed by atoms with Crippen LogP contribution in [0.4, 0.5) is 5.69 Å². The van der Waals surface area contributed by atoms with Gasteiger partial charge in [0.15, 0.2) is 0 Å². The average molecular weight is 513 g/mol.